The van der Waals surface area contributed by atoms with Crippen LogP contribution in [0, 0.1) is 0 Å². The van der Waals surface area contributed by atoms with E-state index in [1.54, 1.807) is 0 Å². The number of benzene rings is 3. The lowest BCUT2D eigenvalue weighted by Gasteiger charge is -2.10. The van der Waals surface area contributed by atoms with Gasteiger partial charge in [-0.3, -0.25) is 4.79 Å². The smallest absolute Gasteiger partial charge is 0.303 e. The van der Waals surface area contributed by atoms with Crippen molar-refractivity contribution < 1.29 is 9.90 Å². The third-order valence-corrected chi connectivity index (χ3v) is 5.47. The number of carbonyl (C=O) groups is 1. The van der Waals surface area contributed by atoms with Crippen LogP contribution in [-0.4, -0.2) is 15.6 Å². The van der Waals surface area contributed by atoms with Gasteiger partial charge in [-0.2, -0.15) is 0 Å². The highest BCUT2D eigenvalue weighted by Gasteiger charge is 2.09. The lowest BCUT2D eigenvalue weighted by molar-refractivity contribution is -0.136. The third-order valence-electron chi connectivity index (χ3n) is 5.17. The molecule has 0 saturated carbocycles. The van der Waals surface area contributed by atoms with Crippen molar-refractivity contribution in [3.63, 3.8) is 0 Å². The third kappa shape index (κ3) is 4.84. The van der Waals surface area contributed by atoms with Crippen molar-refractivity contribution in [2.75, 3.05) is 5.32 Å². The lowest BCUT2D eigenvalue weighted by Crippen LogP contribution is -2.01. The molecule has 0 aliphatic heterocycles. The zero-order chi connectivity index (χ0) is 20.9. The predicted octanol–water partition coefficient (Wildman–Crippen LogP) is 5.97. The summed E-state index contributed by atoms with van der Waals surface area (Å²) in [5, 5.41) is 14.0. The van der Waals surface area contributed by atoms with E-state index in [1.165, 1.54) is 11.1 Å². The molecular formula is C25H23ClN2O2. The monoisotopic (exact) mass is 418 g/mol. The molecule has 5 heteroatoms. The Balaban J connectivity index is 1.47. The van der Waals surface area contributed by atoms with Gasteiger partial charge in [0.05, 0.1) is 10.5 Å². The fourth-order valence-corrected chi connectivity index (χ4v) is 3.84. The number of aryl methyl sites for hydroxylation is 1. The fourth-order valence-electron chi connectivity index (χ4n) is 3.56. The second kappa shape index (κ2) is 9.06. The minimum atomic E-state index is -0.773. The van der Waals surface area contributed by atoms with Gasteiger partial charge in [0, 0.05) is 36.8 Å². The maximum Gasteiger partial charge on any atom is 0.303 e. The second-order valence-corrected chi connectivity index (χ2v) is 7.79. The second-order valence-electron chi connectivity index (χ2n) is 7.39. The lowest BCUT2D eigenvalue weighted by atomic mass is 10.1. The molecule has 2 N–H and O–H groups in total. The molecule has 30 heavy (non-hydrogen) atoms. The first kappa shape index (κ1) is 20.0. The minimum absolute atomic E-state index is 0.151. The molecule has 0 bridgehead atoms. The van der Waals surface area contributed by atoms with E-state index < -0.39 is 5.97 Å². The van der Waals surface area contributed by atoms with E-state index in [1.807, 2.05) is 48.7 Å². The topological polar surface area (TPSA) is 54.3 Å². The van der Waals surface area contributed by atoms with Crippen LogP contribution < -0.4 is 5.32 Å². The molecule has 0 fully saturated rings. The molecule has 4 nitrogen and oxygen atoms in total. The first-order chi connectivity index (χ1) is 14.6. The predicted molar refractivity (Wildman–Crippen MR) is 122 cm³/mol. The zero-order valence-electron chi connectivity index (χ0n) is 16.5. The Morgan fingerprint density at radius 1 is 0.933 bits per heavy atom. The standard InChI is InChI=1S/C25H23ClN2O2/c26-23-17-28(16-19-4-2-1-3-5-19)24-14-20(8-12-22(23)24)15-27-21-10-6-18(7-11-21)9-13-25(29)30/h1-8,10-12,14,17,27H,9,13,15-16H2,(H,29,30). The number of carboxylic acid groups (broad SMARTS) is 1. The number of rotatable bonds is 8. The van der Waals surface area contributed by atoms with E-state index in [0.29, 0.717) is 13.0 Å². The molecule has 0 aliphatic rings. The molecule has 3 aromatic carbocycles. The Labute approximate surface area is 180 Å². The maximum atomic E-state index is 10.7. The van der Waals surface area contributed by atoms with Gasteiger partial charge in [-0.25, -0.2) is 0 Å². The van der Waals surface area contributed by atoms with Gasteiger partial charge in [-0.15, -0.1) is 0 Å². The number of hydrogen-bond acceptors (Lipinski definition) is 2. The van der Waals surface area contributed by atoms with Gasteiger partial charge < -0.3 is 15.0 Å². The van der Waals surface area contributed by atoms with Crippen molar-refractivity contribution in [3.05, 3.63) is 101 Å². The van der Waals surface area contributed by atoms with E-state index in [-0.39, 0.29) is 6.42 Å². The van der Waals surface area contributed by atoms with Gasteiger partial charge in [0.2, 0.25) is 0 Å². The molecule has 1 heterocycles. The first-order valence-corrected chi connectivity index (χ1v) is 10.3. The van der Waals surface area contributed by atoms with Crippen LogP contribution in [0.1, 0.15) is 23.1 Å². The van der Waals surface area contributed by atoms with E-state index >= 15 is 0 Å². The van der Waals surface area contributed by atoms with Gasteiger partial charge in [0.1, 0.15) is 0 Å². The van der Waals surface area contributed by atoms with Gasteiger partial charge in [-0.05, 0) is 41.3 Å². The van der Waals surface area contributed by atoms with Crippen molar-refractivity contribution in [1.82, 2.24) is 4.57 Å². The Bertz CT molecular complexity index is 1150. The van der Waals surface area contributed by atoms with Crippen molar-refractivity contribution in [2.45, 2.75) is 25.9 Å². The van der Waals surface area contributed by atoms with Crippen LogP contribution >= 0.6 is 11.6 Å². The summed E-state index contributed by atoms with van der Waals surface area (Å²) in [5.74, 6) is -0.773. The van der Waals surface area contributed by atoms with Crippen molar-refractivity contribution in [1.29, 1.82) is 0 Å². The van der Waals surface area contributed by atoms with Crippen LogP contribution in [0.2, 0.25) is 5.02 Å². The molecule has 152 valence electrons. The molecule has 0 aliphatic carbocycles. The Hall–Kier alpha value is -3.24. The highest BCUT2D eigenvalue weighted by molar-refractivity contribution is 6.35. The zero-order valence-corrected chi connectivity index (χ0v) is 17.3. The Morgan fingerprint density at radius 2 is 1.67 bits per heavy atom. The summed E-state index contributed by atoms with van der Waals surface area (Å²) in [5.41, 5.74) is 5.55. The Morgan fingerprint density at radius 3 is 2.40 bits per heavy atom. The van der Waals surface area contributed by atoms with Crippen LogP contribution in [-0.2, 0) is 24.3 Å². The van der Waals surface area contributed by atoms with E-state index in [2.05, 4.69) is 40.2 Å². The average molecular weight is 419 g/mol. The number of nitrogens with zero attached hydrogens (tertiary/aromatic N) is 1. The number of carboxylic acids is 1. The minimum Gasteiger partial charge on any atom is -0.481 e. The van der Waals surface area contributed by atoms with Crippen molar-refractivity contribution in [3.8, 4) is 0 Å². The number of aliphatic carboxylic acids is 1. The van der Waals surface area contributed by atoms with Crippen LogP contribution in [0.25, 0.3) is 10.9 Å². The number of hydrogen-bond donors (Lipinski definition) is 2. The molecule has 0 amide bonds. The number of fused-ring (bicyclic) bond motifs is 1. The molecule has 0 unspecified atom stereocenters. The normalized spacial score (nSPS) is 11.0. The molecule has 0 saturated heterocycles. The largest absolute Gasteiger partial charge is 0.481 e. The number of anilines is 1. The van der Waals surface area contributed by atoms with E-state index in [9.17, 15) is 4.79 Å². The number of aromatic nitrogens is 1. The summed E-state index contributed by atoms with van der Waals surface area (Å²) in [6, 6.07) is 24.6. The highest BCUT2D eigenvalue weighted by atomic mass is 35.5. The first-order valence-electron chi connectivity index (χ1n) is 9.94. The highest BCUT2D eigenvalue weighted by Crippen LogP contribution is 2.28. The van der Waals surface area contributed by atoms with Gasteiger partial charge in [-0.1, -0.05) is 66.2 Å². The van der Waals surface area contributed by atoms with Crippen LogP contribution in [0.3, 0.4) is 0 Å². The van der Waals surface area contributed by atoms with Crippen LogP contribution in [0.5, 0.6) is 0 Å². The maximum absolute atomic E-state index is 10.7. The van der Waals surface area contributed by atoms with E-state index in [0.717, 1.165) is 33.7 Å². The quantitative estimate of drug-likeness (QED) is 0.370. The Kier molecular flexibility index (Phi) is 6.05. The summed E-state index contributed by atoms with van der Waals surface area (Å²) in [6.07, 6.45) is 2.69. The number of nitrogens with one attached hydrogen (secondary N) is 1. The molecule has 1 aromatic heterocycles. The van der Waals surface area contributed by atoms with Crippen molar-refractivity contribution in [2.24, 2.45) is 0 Å². The summed E-state index contributed by atoms with van der Waals surface area (Å²) in [7, 11) is 0. The van der Waals surface area contributed by atoms with Gasteiger partial charge >= 0.3 is 5.97 Å². The molecular weight excluding hydrogens is 396 g/mol. The summed E-state index contributed by atoms with van der Waals surface area (Å²) >= 11 is 6.46. The molecule has 0 radical (unpaired) electrons. The summed E-state index contributed by atoms with van der Waals surface area (Å²) < 4.78 is 2.19. The molecule has 4 rings (SSSR count). The number of halogens is 1. The van der Waals surface area contributed by atoms with Crippen LogP contribution in [0.4, 0.5) is 5.69 Å². The molecule has 4 aromatic rings. The summed E-state index contributed by atoms with van der Waals surface area (Å²) in [6.45, 7) is 1.47. The van der Waals surface area contributed by atoms with Gasteiger partial charge in [0.15, 0.2) is 0 Å². The molecule has 0 atom stereocenters. The average Bonchev–Trinajstić information content (AvgIpc) is 3.07. The van der Waals surface area contributed by atoms with E-state index in [4.69, 9.17) is 16.7 Å². The van der Waals surface area contributed by atoms with Crippen LogP contribution in [0.15, 0.2) is 79.0 Å². The van der Waals surface area contributed by atoms with Crippen molar-refractivity contribution >= 4 is 34.2 Å². The molecule has 0 spiro atoms. The van der Waals surface area contributed by atoms with Gasteiger partial charge in [0.25, 0.3) is 0 Å². The SMILES string of the molecule is O=C(O)CCc1ccc(NCc2ccc3c(Cl)cn(Cc4ccccc4)c3c2)cc1. The summed E-state index contributed by atoms with van der Waals surface area (Å²) in [4.78, 5) is 10.7. The fraction of sp³-hybridized carbons (Fsp3) is 0.160.